The van der Waals surface area contributed by atoms with Crippen molar-refractivity contribution < 1.29 is 14.3 Å². The summed E-state index contributed by atoms with van der Waals surface area (Å²) in [6.45, 7) is 8.01. The van der Waals surface area contributed by atoms with Crippen LogP contribution in [-0.2, 0) is 13.0 Å². The van der Waals surface area contributed by atoms with Gasteiger partial charge in [-0.3, -0.25) is 9.78 Å². The zero-order valence-electron chi connectivity index (χ0n) is 20.1. The molecule has 0 aliphatic carbocycles. The van der Waals surface area contributed by atoms with E-state index >= 15 is 0 Å². The van der Waals surface area contributed by atoms with Gasteiger partial charge in [0.25, 0.3) is 5.91 Å². The maximum Gasteiger partial charge on any atom is 0.270 e. The molecule has 2 aromatic heterocycles. The van der Waals surface area contributed by atoms with E-state index in [0.29, 0.717) is 5.75 Å². The Morgan fingerprint density at radius 2 is 1.94 bits per heavy atom. The van der Waals surface area contributed by atoms with Gasteiger partial charge in [0.2, 0.25) is 0 Å². The molecule has 34 heavy (non-hydrogen) atoms. The van der Waals surface area contributed by atoms with Crippen molar-refractivity contribution in [2.75, 3.05) is 33.3 Å². The van der Waals surface area contributed by atoms with Crippen molar-refractivity contribution in [1.82, 2.24) is 19.8 Å². The number of nitrogens with zero attached hydrogens (tertiary/aromatic N) is 3. The first-order valence-corrected chi connectivity index (χ1v) is 12.1. The summed E-state index contributed by atoms with van der Waals surface area (Å²) in [5.74, 6) is 1.53. The lowest BCUT2D eigenvalue weighted by Gasteiger charge is -2.26. The first-order valence-electron chi connectivity index (χ1n) is 12.1. The molecular formula is C27H32N4O3. The first kappa shape index (κ1) is 22.5. The molecule has 5 rings (SSSR count). The summed E-state index contributed by atoms with van der Waals surface area (Å²) in [7, 11) is 1.67. The maximum atomic E-state index is 13.7. The lowest BCUT2D eigenvalue weighted by atomic mass is 9.94. The van der Waals surface area contributed by atoms with Crippen LogP contribution in [0.2, 0.25) is 0 Å². The van der Waals surface area contributed by atoms with Crippen LogP contribution in [0.4, 0.5) is 0 Å². The Bertz CT molecular complexity index is 1180. The fourth-order valence-electron chi connectivity index (χ4n) is 4.94. The summed E-state index contributed by atoms with van der Waals surface area (Å²) in [5, 5.41) is 3.39. The fourth-order valence-corrected chi connectivity index (χ4v) is 4.94. The highest BCUT2D eigenvalue weighted by molar-refractivity contribution is 5.98. The lowest BCUT2D eigenvalue weighted by molar-refractivity contribution is 0.0755. The first-order chi connectivity index (χ1) is 16.6. The standard InChI is InChI=1S/C27H32N4O3/c1-18(2)34-25-17-20-19(15-24(25)33-3)8-13-31-23(27(32)30-12-6-9-28-11-14-30)16-21(26(20)31)22-7-4-5-10-29-22/h4-5,7,10,15-18,28H,6,8-9,11-14H2,1-3H3. The van der Waals surface area contributed by atoms with E-state index in [-0.39, 0.29) is 12.0 Å². The van der Waals surface area contributed by atoms with Gasteiger partial charge in [0.15, 0.2) is 11.5 Å². The zero-order valence-corrected chi connectivity index (χ0v) is 20.1. The zero-order chi connectivity index (χ0) is 23.7. The smallest absolute Gasteiger partial charge is 0.270 e. The van der Waals surface area contributed by atoms with E-state index in [1.165, 1.54) is 5.56 Å². The number of aryl methyl sites for hydroxylation is 1. The summed E-state index contributed by atoms with van der Waals surface area (Å²) in [6, 6.07) is 12.1. The van der Waals surface area contributed by atoms with Crippen molar-refractivity contribution >= 4 is 5.91 Å². The number of nitrogens with one attached hydrogen (secondary N) is 1. The summed E-state index contributed by atoms with van der Waals surface area (Å²) in [6.07, 6.45) is 3.60. The van der Waals surface area contributed by atoms with E-state index in [1.54, 1.807) is 13.3 Å². The Kier molecular flexibility index (Phi) is 6.28. The highest BCUT2D eigenvalue weighted by Gasteiger charge is 2.30. The number of fused-ring (bicyclic) bond motifs is 3. The van der Waals surface area contributed by atoms with Gasteiger partial charge < -0.3 is 24.3 Å². The number of ether oxygens (including phenoxy) is 2. The monoisotopic (exact) mass is 460 g/mol. The third-order valence-electron chi connectivity index (χ3n) is 6.50. The van der Waals surface area contributed by atoms with Crippen LogP contribution in [0, 0.1) is 0 Å². The van der Waals surface area contributed by atoms with Gasteiger partial charge in [-0.05, 0) is 69.1 Å². The minimum absolute atomic E-state index is 0.0198. The van der Waals surface area contributed by atoms with Crippen LogP contribution in [0.25, 0.3) is 22.5 Å². The van der Waals surface area contributed by atoms with Gasteiger partial charge in [-0.15, -0.1) is 0 Å². The molecule has 0 spiro atoms. The molecule has 7 heteroatoms. The maximum absolute atomic E-state index is 13.7. The van der Waals surface area contributed by atoms with Crippen LogP contribution in [0.15, 0.2) is 42.6 Å². The molecule has 1 saturated heterocycles. The summed E-state index contributed by atoms with van der Waals surface area (Å²) in [5.41, 5.74) is 5.84. The number of carbonyl (C=O) groups excluding carboxylic acids is 1. The highest BCUT2D eigenvalue weighted by Crippen LogP contribution is 2.44. The molecule has 2 aliphatic rings. The van der Waals surface area contributed by atoms with E-state index in [4.69, 9.17) is 9.47 Å². The highest BCUT2D eigenvalue weighted by atomic mass is 16.5. The molecule has 178 valence electrons. The molecule has 0 atom stereocenters. The second-order valence-corrected chi connectivity index (χ2v) is 9.13. The minimum Gasteiger partial charge on any atom is -0.493 e. The number of hydrogen-bond acceptors (Lipinski definition) is 5. The van der Waals surface area contributed by atoms with Crippen LogP contribution >= 0.6 is 0 Å². The van der Waals surface area contributed by atoms with Crippen LogP contribution in [0.3, 0.4) is 0 Å². The van der Waals surface area contributed by atoms with Gasteiger partial charge in [0.1, 0.15) is 5.69 Å². The molecule has 4 heterocycles. The van der Waals surface area contributed by atoms with E-state index in [2.05, 4.69) is 27.0 Å². The van der Waals surface area contributed by atoms with E-state index in [0.717, 1.165) is 79.5 Å². The van der Waals surface area contributed by atoms with Gasteiger partial charge in [-0.1, -0.05) is 6.07 Å². The number of rotatable bonds is 5. The SMILES string of the molecule is COc1cc2c(cc1OC(C)C)-c1c(-c3ccccn3)cc(C(=O)N3CCCNCC3)n1CC2. The van der Waals surface area contributed by atoms with E-state index in [1.807, 2.05) is 43.0 Å². The number of hydrogen-bond donors (Lipinski definition) is 1. The number of carbonyl (C=O) groups is 1. The molecule has 7 nitrogen and oxygen atoms in total. The molecule has 0 saturated carbocycles. The molecule has 2 aliphatic heterocycles. The van der Waals surface area contributed by atoms with Gasteiger partial charge in [0, 0.05) is 43.5 Å². The number of benzene rings is 1. The van der Waals surface area contributed by atoms with Gasteiger partial charge in [-0.25, -0.2) is 0 Å². The Morgan fingerprint density at radius 1 is 1.06 bits per heavy atom. The Balaban J connectivity index is 1.68. The van der Waals surface area contributed by atoms with Crippen LogP contribution < -0.4 is 14.8 Å². The molecule has 1 amide bonds. The van der Waals surface area contributed by atoms with Crippen LogP contribution in [0.5, 0.6) is 11.5 Å². The average molecular weight is 461 g/mol. The van der Waals surface area contributed by atoms with Crippen molar-refractivity contribution in [2.45, 2.75) is 39.3 Å². The molecule has 0 unspecified atom stereocenters. The summed E-state index contributed by atoms with van der Waals surface area (Å²) in [4.78, 5) is 20.3. The van der Waals surface area contributed by atoms with Crippen LogP contribution in [-0.4, -0.2) is 59.8 Å². The molecule has 3 aromatic rings. The van der Waals surface area contributed by atoms with Crippen molar-refractivity contribution in [2.24, 2.45) is 0 Å². The van der Waals surface area contributed by atoms with Crippen molar-refractivity contribution in [3.63, 3.8) is 0 Å². The quantitative estimate of drug-likeness (QED) is 0.623. The molecule has 1 N–H and O–H groups in total. The topological polar surface area (TPSA) is 68.6 Å². The predicted molar refractivity (Wildman–Crippen MR) is 133 cm³/mol. The molecule has 1 fully saturated rings. The van der Waals surface area contributed by atoms with Crippen molar-refractivity contribution in [3.05, 3.63) is 53.9 Å². The Hall–Kier alpha value is -3.32. The number of methoxy groups -OCH3 is 1. The van der Waals surface area contributed by atoms with Gasteiger partial charge in [-0.2, -0.15) is 0 Å². The predicted octanol–water partition coefficient (Wildman–Crippen LogP) is 4.00. The minimum atomic E-state index is 0.0198. The number of amides is 1. The van der Waals surface area contributed by atoms with Crippen molar-refractivity contribution in [3.8, 4) is 34.0 Å². The summed E-state index contributed by atoms with van der Waals surface area (Å²) >= 11 is 0. The second-order valence-electron chi connectivity index (χ2n) is 9.13. The average Bonchev–Trinajstić information content (AvgIpc) is 3.03. The second kappa shape index (κ2) is 9.50. The van der Waals surface area contributed by atoms with Crippen molar-refractivity contribution in [1.29, 1.82) is 0 Å². The Morgan fingerprint density at radius 3 is 2.71 bits per heavy atom. The van der Waals surface area contributed by atoms with Crippen LogP contribution in [0.1, 0.15) is 36.3 Å². The molecule has 0 bridgehead atoms. The largest absolute Gasteiger partial charge is 0.493 e. The van der Waals surface area contributed by atoms with Gasteiger partial charge >= 0.3 is 0 Å². The normalized spacial score (nSPS) is 15.5. The van der Waals surface area contributed by atoms with E-state index in [9.17, 15) is 4.79 Å². The molecular weight excluding hydrogens is 428 g/mol. The third kappa shape index (κ3) is 4.16. The lowest BCUT2D eigenvalue weighted by Crippen LogP contribution is -2.35. The molecule has 1 aromatic carbocycles. The number of aromatic nitrogens is 2. The Labute approximate surface area is 200 Å². The van der Waals surface area contributed by atoms with E-state index < -0.39 is 0 Å². The number of pyridine rings is 1. The fraction of sp³-hybridized carbons (Fsp3) is 0.407. The summed E-state index contributed by atoms with van der Waals surface area (Å²) < 4.78 is 13.9. The third-order valence-corrected chi connectivity index (χ3v) is 6.50. The van der Waals surface area contributed by atoms with Gasteiger partial charge in [0.05, 0.1) is 24.6 Å². The molecule has 0 radical (unpaired) electrons.